The van der Waals surface area contributed by atoms with Crippen LogP contribution in [0.25, 0.3) is 0 Å². The lowest BCUT2D eigenvalue weighted by Gasteiger charge is -2.39. The summed E-state index contributed by atoms with van der Waals surface area (Å²) in [6.45, 7) is 14.7. The molecular formula is C22H34N4O3Si. The fourth-order valence-corrected chi connectivity index (χ4v) is 5.69. The molecular weight excluding hydrogens is 396 g/mol. The number of nitrogens with one attached hydrogen (secondary N) is 1. The standard InChI is InChI=1S/C22H34N4O3Si/c1-14-9-16(25-21(27)28)13-26(12-14)20-15(10-23)11-24-19-17(20)7-8-18(19)29-30(5,6)22(2,3)4/h11,14,16,18,25H,7-9,12-13H2,1-6H3,(H,27,28)/t14-,16+,18-/m1/s1. The molecule has 1 aromatic heterocycles. The van der Waals surface area contributed by atoms with Crippen LogP contribution in [0.15, 0.2) is 6.20 Å². The SMILES string of the molecule is C[C@@H]1C[C@H](NC(=O)O)CN(c2c(C#N)cnc3c2CC[C@H]3O[Si](C)(C)C(C)(C)C)C1. The molecule has 7 nitrogen and oxygen atoms in total. The lowest BCUT2D eigenvalue weighted by atomic mass is 9.94. The topological polar surface area (TPSA) is 98.5 Å². The molecule has 0 bridgehead atoms. The molecule has 1 fully saturated rings. The predicted octanol–water partition coefficient (Wildman–Crippen LogP) is 4.44. The number of nitrogens with zero attached hydrogens (tertiary/aromatic N) is 3. The molecule has 3 atom stereocenters. The van der Waals surface area contributed by atoms with Gasteiger partial charge in [-0.15, -0.1) is 0 Å². The second-order valence-corrected chi connectivity index (χ2v) is 15.1. The van der Waals surface area contributed by atoms with E-state index >= 15 is 0 Å². The summed E-state index contributed by atoms with van der Waals surface area (Å²) < 4.78 is 6.69. The predicted molar refractivity (Wildman–Crippen MR) is 119 cm³/mol. The van der Waals surface area contributed by atoms with Gasteiger partial charge in [0.2, 0.25) is 0 Å². The van der Waals surface area contributed by atoms with Gasteiger partial charge in [0.1, 0.15) is 6.07 Å². The number of carboxylic acid groups (broad SMARTS) is 1. The van der Waals surface area contributed by atoms with Gasteiger partial charge < -0.3 is 19.7 Å². The molecule has 30 heavy (non-hydrogen) atoms. The van der Waals surface area contributed by atoms with Crippen molar-refractivity contribution < 1.29 is 14.3 Å². The molecule has 0 spiro atoms. The number of nitriles is 1. The smallest absolute Gasteiger partial charge is 0.404 e. The first-order valence-corrected chi connectivity index (χ1v) is 13.7. The van der Waals surface area contributed by atoms with E-state index in [9.17, 15) is 10.1 Å². The third kappa shape index (κ3) is 4.47. The number of rotatable bonds is 4. The molecule has 0 radical (unpaired) electrons. The number of pyridine rings is 1. The number of piperidine rings is 1. The van der Waals surface area contributed by atoms with Crippen molar-refractivity contribution in [1.82, 2.24) is 10.3 Å². The van der Waals surface area contributed by atoms with Crippen molar-refractivity contribution in [2.45, 2.75) is 77.2 Å². The van der Waals surface area contributed by atoms with Gasteiger partial charge in [-0.25, -0.2) is 4.79 Å². The summed E-state index contributed by atoms with van der Waals surface area (Å²) in [5, 5.41) is 21.7. The molecule has 8 heteroatoms. The van der Waals surface area contributed by atoms with Crippen molar-refractivity contribution in [1.29, 1.82) is 5.26 Å². The molecule has 1 aromatic rings. The Labute approximate surface area is 180 Å². The zero-order chi connectivity index (χ0) is 22.3. The molecule has 1 aliphatic heterocycles. The van der Waals surface area contributed by atoms with E-state index in [-0.39, 0.29) is 17.2 Å². The molecule has 0 saturated carbocycles. The Hall–Kier alpha value is -2.11. The third-order valence-corrected chi connectivity index (χ3v) is 11.3. The van der Waals surface area contributed by atoms with Crippen LogP contribution < -0.4 is 10.2 Å². The Balaban J connectivity index is 1.94. The molecule has 2 aliphatic rings. The average molecular weight is 431 g/mol. The molecule has 1 aliphatic carbocycles. The van der Waals surface area contributed by atoms with E-state index < -0.39 is 14.4 Å². The van der Waals surface area contributed by atoms with Crippen molar-refractivity contribution in [3.05, 3.63) is 23.0 Å². The van der Waals surface area contributed by atoms with Crippen molar-refractivity contribution in [3.8, 4) is 6.07 Å². The van der Waals surface area contributed by atoms with Crippen LogP contribution >= 0.6 is 0 Å². The zero-order valence-electron chi connectivity index (χ0n) is 19.0. The van der Waals surface area contributed by atoms with Gasteiger partial charge in [0.25, 0.3) is 0 Å². The first-order valence-electron chi connectivity index (χ1n) is 10.8. The molecule has 164 valence electrons. The number of hydrogen-bond acceptors (Lipinski definition) is 5. The monoisotopic (exact) mass is 430 g/mol. The number of anilines is 1. The van der Waals surface area contributed by atoms with E-state index in [2.05, 4.69) is 62.1 Å². The van der Waals surface area contributed by atoms with Crippen LogP contribution in [-0.2, 0) is 10.8 Å². The highest BCUT2D eigenvalue weighted by molar-refractivity contribution is 6.74. The first-order chi connectivity index (χ1) is 13.9. The molecule has 2 heterocycles. The number of carbonyl (C=O) groups is 1. The van der Waals surface area contributed by atoms with Crippen molar-refractivity contribution in [2.75, 3.05) is 18.0 Å². The minimum atomic E-state index is -1.95. The van der Waals surface area contributed by atoms with E-state index in [0.717, 1.165) is 42.8 Å². The third-order valence-electron chi connectivity index (χ3n) is 6.81. The van der Waals surface area contributed by atoms with E-state index in [4.69, 9.17) is 9.53 Å². The van der Waals surface area contributed by atoms with Crippen molar-refractivity contribution in [3.63, 3.8) is 0 Å². The zero-order valence-corrected chi connectivity index (χ0v) is 20.0. The minimum Gasteiger partial charge on any atom is -0.465 e. The van der Waals surface area contributed by atoms with Crippen LogP contribution in [-0.4, -0.2) is 43.6 Å². The van der Waals surface area contributed by atoms with Crippen LogP contribution in [0.4, 0.5) is 10.5 Å². The highest BCUT2D eigenvalue weighted by atomic mass is 28.4. The normalized spacial score (nSPS) is 24.3. The highest BCUT2D eigenvalue weighted by Gasteiger charge is 2.42. The fourth-order valence-electron chi connectivity index (χ4n) is 4.40. The minimum absolute atomic E-state index is 0.0393. The molecule has 3 rings (SSSR count). The summed E-state index contributed by atoms with van der Waals surface area (Å²) in [7, 11) is -1.95. The van der Waals surface area contributed by atoms with Gasteiger partial charge in [-0.05, 0) is 43.3 Å². The Morgan fingerprint density at radius 1 is 1.40 bits per heavy atom. The largest absolute Gasteiger partial charge is 0.465 e. The highest BCUT2D eigenvalue weighted by Crippen LogP contribution is 2.45. The van der Waals surface area contributed by atoms with Gasteiger partial charge in [-0.1, -0.05) is 27.7 Å². The van der Waals surface area contributed by atoms with Gasteiger partial charge in [0.05, 0.1) is 23.0 Å². The van der Waals surface area contributed by atoms with Crippen LogP contribution in [0.1, 0.15) is 63.5 Å². The molecule has 1 amide bonds. The first kappa shape index (κ1) is 22.6. The van der Waals surface area contributed by atoms with Gasteiger partial charge in [0.15, 0.2) is 8.32 Å². The number of hydrogen-bond donors (Lipinski definition) is 2. The average Bonchev–Trinajstić information content (AvgIpc) is 3.01. The molecule has 0 unspecified atom stereocenters. The van der Waals surface area contributed by atoms with Crippen molar-refractivity contribution in [2.24, 2.45) is 5.92 Å². The van der Waals surface area contributed by atoms with Crippen LogP contribution in [0.3, 0.4) is 0 Å². The Bertz CT molecular complexity index is 859. The van der Waals surface area contributed by atoms with Crippen molar-refractivity contribution >= 4 is 20.1 Å². The van der Waals surface area contributed by atoms with Crippen LogP contribution in [0.5, 0.6) is 0 Å². The fraction of sp³-hybridized carbons (Fsp3) is 0.682. The number of aromatic nitrogens is 1. The van der Waals surface area contributed by atoms with Gasteiger partial charge >= 0.3 is 6.09 Å². The van der Waals surface area contributed by atoms with Crippen LogP contribution in [0.2, 0.25) is 18.1 Å². The van der Waals surface area contributed by atoms with E-state index in [0.29, 0.717) is 18.0 Å². The summed E-state index contributed by atoms with van der Waals surface area (Å²) in [5.41, 5.74) is 3.54. The maximum absolute atomic E-state index is 11.2. The second-order valence-electron chi connectivity index (χ2n) is 10.3. The summed E-state index contributed by atoms with van der Waals surface area (Å²) in [6.07, 6.45) is 3.13. The number of fused-ring (bicyclic) bond motifs is 1. The summed E-state index contributed by atoms with van der Waals surface area (Å²) >= 11 is 0. The summed E-state index contributed by atoms with van der Waals surface area (Å²) in [6, 6.07) is 2.16. The lowest BCUT2D eigenvalue weighted by molar-refractivity contribution is 0.181. The molecule has 2 N–H and O–H groups in total. The maximum Gasteiger partial charge on any atom is 0.404 e. The van der Waals surface area contributed by atoms with E-state index in [1.54, 1.807) is 6.20 Å². The summed E-state index contributed by atoms with van der Waals surface area (Å²) in [5.74, 6) is 0.326. The van der Waals surface area contributed by atoms with Gasteiger partial charge in [-0.2, -0.15) is 5.26 Å². The quantitative estimate of drug-likeness (QED) is 0.685. The Kier molecular flexibility index (Phi) is 6.17. The molecule has 1 saturated heterocycles. The second kappa shape index (κ2) is 8.20. The Morgan fingerprint density at radius 3 is 2.70 bits per heavy atom. The summed E-state index contributed by atoms with van der Waals surface area (Å²) in [4.78, 5) is 18.0. The molecule has 0 aromatic carbocycles. The van der Waals surface area contributed by atoms with E-state index in [1.165, 1.54) is 0 Å². The number of amides is 1. The van der Waals surface area contributed by atoms with Crippen LogP contribution in [0, 0.1) is 17.2 Å². The lowest BCUT2D eigenvalue weighted by Crippen LogP contribution is -2.50. The Morgan fingerprint density at radius 2 is 2.10 bits per heavy atom. The van der Waals surface area contributed by atoms with Gasteiger partial charge in [0, 0.05) is 30.9 Å². The maximum atomic E-state index is 11.2. The van der Waals surface area contributed by atoms with Gasteiger partial charge in [-0.3, -0.25) is 4.98 Å². The van der Waals surface area contributed by atoms with E-state index in [1.807, 2.05) is 0 Å².